The maximum Gasteiger partial charge on any atom is 0.163 e. The van der Waals surface area contributed by atoms with Crippen LogP contribution in [-0.2, 0) is 9.47 Å². The highest BCUT2D eigenvalue weighted by atomic mass is 16.7. The average molecular weight is 218 g/mol. The third-order valence-electron chi connectivity index (χ3n) is 2.21. The van der Waals surface area contributed by atoms with E-state index in [9.17, 15) is 0 Å². The van der Waals surface area contributed by atoms with Gasteiger partial charge in [0.2, 0.25) is 0 Å². The van der Waals surface area contributed by atoms with E-state index in [-0.39, 0.29) is 12.2 Å². The topological polar surface area (TPSA) is 62.8 Å². The maximum atomic E-state index is 9.02. The molecule has 1 aliphatic heterocycles. The fourth-order valence-corrected chi connectivity index (χ4v) is 1.42. The van der Waals surface area contributed by atoms with E-state index in [4.69, 9.17) is 14.6 Å². The van der Waals surface area contributed by atoms with Gasteiger partial charge < -0.3 is 14.6 Å². The Morgan fingerprint density at radius 2 is 2.20 bits per heavy atom. The molecule has 0 radical (unpaired) electrons. The molecule has 0 aromatic rings. The summed E-state index contributed by atoms with van der Waals surface area (Å²) < 4.78 is 11.0. The van der Waals surface area contributed by atoms with Gasteiger partial charge in [0.15, 0.2) is 5.79 Å². The van der Waals surface area contributed by atoms with Crippen LogP contribution in [-0.4, -0.2) is 42.8 Å². The maximum absolute atomic E-state index is 9.02. The van der Waals surface area contributed by atoms with Gasteiger partial charge in [0.05, 0.1) is 18.8 Å². The summed E-state index contributed by atoms with van der Waals surface area (Å²) in [7, 11) is 0. The largest absolute Gasteiger partial charge is 0.393 e. The van der Waals surface area contributed by atoms with Crippen LogP contribution in [0.4, 0.5) is 0 Å². The van der Waals surface area contributed by atoms with E-state index in [0.29, 0.717) is 13.2 Å². The number of nitrogens with one attached hydrogen (secondary N) is 2. The van der Waals surface area contributed by atoms with Crippen molar-refractivity contribution in [3.05, 3.63) is 0 Å². The van der Waals surface area contributed by atoms with Crippen LogP contribution in [0.1, 0.15) is 27.2 Å². The van der Waals surface area contributed by atoms with E-state index in [0.717, 1.165) is 13.0 Å². The van der Waals surface area contributed by atoms with Crippen molar-refractivity contribution in [2.45, 2.75) is 45.2 Å². The number of hydrogen-bond donors (Lipinski definition) is 3. The zero-order valence-corrected chi connectivity index (χ0v) is 9.75. The molecule has 3 N–H and O–H groups in total. The standard InChI is InChI=1S/C10H22N2O3/c1-8(13)4-5-11-12-6-9-7-14-10(2,3)15-9/h8-9,11-13H,4-7H2,1-3H3/t8?,9-/m0/s1. The van der Waals surface area contributed by atoms with Crippen LogP contribution in [0.2, 0.25) is 0 Å². The van der Waals surface area contributed by atoms with Gasteiger partial charge in [-0.15, -0.1) is 0 Å². The van der Waals surface area contributed by atoms with E-state index >= 15 is 0 Å². The van der Waals surface area contributed by atoms with Crippen molar-refractivity contribution in [1.82, 2.24) is 10.9 Å². The molecule has 5 nitrogen and oxygen atoms in total. The van der Waals surface area contributed by atoms with E-state index in [1.165, 1.54) is 0 Å². The summed E-state index contributed by atoms with van der Waals surface area (Å²) >= 11 is 0. The molecule has 15 heavy (non-hydrogen) atoms. The monoisotopic (exact) mass is 218 g/mol. The van der Waals surface area contributed by atoms with Crippen molar-refractivity contribution >= 4 is 0 Å². The Morgan fingerprint density at radius 3 is 2.73 bits per heavy atom. The Labute approximate surface area is 91.1 Å². The van der Waals surface area contributed by atoms with E-state index in [1.54, 1.807) is 6.92 Å². The minimum absolute atomic E-state index is 0.0963. The second kappa shape index (κ2) is 5.77. The van der Waals surface area contributed by atoms with Gasteiger partial charge in [-0.25, -0.2) is 0 Å². The summed E-state index contributed by atoms with van der Waals surface area (Å²) in [4.78, 5) is 0. The SMILES string of the molecule is CC(O)CCNNC[C@H]1COC(C)(C)O1. The van der Waals surface area contributed by atoms with Crippen LogP contribution in [0, 0.1) is 0 Å². The molecule has 5 heteroatoms. The first-order valence-corrected chi connectivity index (χ1v) is 5.45. The molecule has 2 atom stereocenters. The first kappa shape index (κ1) is 12.9. The van der Waals surface area contributed by atoms with Crippen molar-refractivity contribution in [2.24, 2.45) is 0 Å². The van der Waals surface area contributed by atoms with Crippen LogP contribution in [0.5, 0.6) is 0 Å². The Morgan fingerprint density at radius 1 is 1.47 bits per heavy atom. The van der Waals surface area contributed by atoms with Gasteiger partial charge in [-0.3, -0.25) is 10.9 Å². The molecule has 0 saturated carbocycles. The quantitative estimate of drug-likeness (QED) is 0.433. The zero-order valence-electron chi connectivity index (χ0n) is 9.75. The number of hydrogen-bond acceptors (Lipinski definition) is 5. The molecule has 0 spiro atoms. The molecule has 1 heterocycles. The lowest BCUT2D eigenvalue weighted by molar-refractivity contribution is -0.137. The first-order chi connectivity index (χ1) is 6.99. The van der Waals surface area contributed by atoms with Gasteiger partial charge in [-0.1, -0.05) is 0 Å². The first-order valence-electron chi connectivity index (χ1n) is 5.45. The van der Waals surface area contributed by atoms with Crippen molar-refractivity contribution < 1.29 is 14.6 Å². The second-order valence-electron chi connectivity index (χ2n) is 4.40. The van der Waals surface area contributed by atoms with Crippen molar-refractivity contribution in [3.63, 3.8) is 0 Å². The van der Waals surface area contributed by atoms with E-state index in [2.05, 4.69) is 10.9 Å². The van der Waals surface area contributed by atoms with Gasteiger partial charge in [0, 0.05) is 13.1 Å². The molecule has 0 aliphatic carbocycles. The highest BCUT2D eigenvalue weighted by molar-refractivity contribution is 4.71. The lowest BCUT2D eigenvalue weighted by Crippen LogP contribution is -2.40. The molecule has 1 unspecified atom stereocenters. The molecule has 0 amide bonds. The minimum atomic E-state index is -0.452. The summed E-state index contributed by atoms with van der Waals surface area (Å²) in [5.74, 6) is -0.452. The fourth-order valence-electron chi connectivity index (χ4n) is 1.42. The van der Waals surface area contributed by atoms with Gasteiger partial charge in [0.1, 0.15) is 0 Å². The van der Waals surface area contributed by atoms with Crippen LogP contribution < -0.4 is 10.9 Å². The Bertz CT molecular complexity index is 186. The molecule has 1 saturated heterocycles. The summed E-state index contributed by atoms with van der Waals surface area (Å²) in [5, 5.41) is 9.02. The summed E-state index contributed by atoms with van der Waals surface area (Å²) in [6, 6.07) is 0. The summed E-state index contributed by atoms with van der Waals surface area (Å²) in [6.07, 6.45) is 0.573. The number of aliphatic hydroxyl groups excluding tert-OH is 1. The molecule has 1 fully saturated rings. The molecular weight excluding hydrogens is 196 g/mol. The third-order valence-corrected chi connectivity index (χ3v) is 2.21. The fraction of sp³-hybridized carbons (Fsp3) is 1.00. The zero-order chi connectivity index (χ0) is 11.3. The highest BCUT2D eigenvalue weighted by Gasteiger charge is 2.32. The van der Waals surface area contributed by atoms with Gasteiger partial charge in [-0.05, 0) is 27.2 Å². The number of aliphatic hydroxyl groups is 1. The predicted octanol–water partition coefficient (Wildman–Crippen LogP) is 0.00300. The summed E-state index contributed by atoms with van der Waals surface area (Å²) in [6.45, 7) is 7.68. The highest BCUT2D eigenvalue weighted by Crippen LogP contribution is 2.21. The van der Waals surface area contributed by atoms with Crippen LogP contribution in [0.3, 0.4) is 0 Å². The van der Waals surface area contributed by atoms with E-state index < -0.39 is 5.79 Å². The van der Waals surface area contributed by atoms with Crippen molar-refractivity contribution in [1.29, 1.82) is 0 Å². The lowest BCUT2D eigenvalue weighted by atomic mass is 10.3. The predicted molar refractivity (Wildman–Crippen MR) is 57.2 cm³/mol. The van der Waals surface area contributed by atoms with Crippen molar-refractivity contribution in [3.8, 4) is 0 Å². The smallest absolute Gasteiger partial charge is 0.163 e. The Hall–Kier alpha value is -0.200. The van der Waals surface area contributed by atoms with Gasteiger partial charge in [-0.2, -0.15) is 0 Å². The average Bonchev–Trinajstić information content (AvgIpc) is 2.44. The molecule has 0 bridgehead atoms. The molecule has 90 valence electrons. The number of hydrazine groups is 1. The van der Waals surface area contributed by atoms with Crippen LogP contribution in [0.25, 0.3) is 0 Å². The Kier molecular flexibility index (Phi) is 4.95. The van der Waals surface area contributed by atoms with Gasteiger partial charge >= 0.3 is 0 Å². The van der Waals surface area contributed by atoms with Crippen LogP contribution >= 0.6 is 0 Å². The van der Waals surface area contributed by atoms with Crippen molar-refractivity contribution in [2.75, 3.05) is 19.7 Å². The minimum Gasteiger partial charge on any atom is -0.393 e. The summed E-state index contributed by atoms with van der Waals surface area (Å²) in [5.41, 5.74) is 6.08. The third kappa shape index (κ3) is 5.44. The number of rotatable bonds is 6. The lowest BCUT2D eigenvalue weighted by Gasteiger charge is -2.17. The molecule has 1 aliphatic rings. The molecule has 1 rings (SSSR count). The van der Waals surface area contributed by atoms with E-state index in [1.807, 2.05) is 13.8 Å². The Balaban J connectivity index is 1.97. The molecule has 0 aromatic carbocycles. The van der Waals surface area contributed by atoms with Gasteiger partial charge in [0.25, 0.3) is 0 Å². The number of ether oxygens (including phenoxy) is 2. The second-order valence-corrected chi connectivity index (χ2v) is 4.40. The van der Waals surface area contributed by atoms with Crippen LogP contribution in [0.15, 0.2) is 0 Å². The molecule has 0 aromatic heterocycles. The molecular formula is C10H22N2O3. The normalized spacial score (nSPS) is 26.8.